The summed E-state index contributed by atoms with van der Waals surface area (Å²) in [6, 6.07) is 12.8. The van der Waals surface area contributed by atoms with Crippen molar-refractivity contribution in [1.82, 2.24) is 5.32 Å². The van der Waals surface area contributed by atoms with Gasteiger partial charge in [-0.3, -0.25) is 0 Å². The first kappa shape index (κ1) is 10.4. The Morgan fingerprint density at radius 1 is 1.13 bits per heavy atom. The van der Waals surface area contributed by atoms with Crippen LogP contribution in [-0.2, 0) is 6.54 Å². The first-order valence-electron chi connectivity index (χ1n) is 5.23. The van der Waals surface area contributed by atoms with E-state index in [1.54, 1.807) is 0 Å². The molecule has 0 amide bonds. The summed E-state index contributed by atoms with van der Waals surface area (Å²) in [4.78, 5) is 1.40. The molecule has 0 aliphatic carbocycles. The fourth-order valence-electron chi connectivity index (χ4n) is 1.50. The monoisotopic (exact) mass is 217 g/mol. The summed E-state index contributed by atoms with van der Waals surface area (Å²) in [7, 11) is 0. The highest BCUT2D eigenvalue weighted by atomic mass is 32.1. The van der Waals surface area contributed by atoms with Crippen LogP contribution in [0.1, 0.15) is 11.8 Å². The van der Waals surface area contributed by atoms with Crippen molar-refractivity contribution in [3.05, 3.63) is 46.7 Å². The lowest BCUT2D eigenvalue weighted by atomic mass is 10.1. The maximum atomic E-state index is 3.34. The lowest BCUT2D eigenvalue weighted by molar-refractivity contribution is 0.735. The Morgan fingerprint density at radius 3 is 2.67 bits per heavy atom. The SMILES string of the molecule is CCNCc1cc(-c2ccccc2)cs1. The number of benzene rings is 1. The van der Waals surface area contributed by atoms with Crippen LogP contribution in [0, 0.1) is 0 Å². The highest BCUT2D eigenvalue weighted by Gasteiger charge is 2.00. The molecule has 0 saturated carbocycles. The summed E-state index contributed by atoms with van der Waals surface area (Å²) in [6.45, 7) is 4.14. The zero-order valence-corrected chi connectivity index (χ0v) is 9.68. The molecule has 1 heterocycles. The number of rotatable bonds is 4. The van der Waals surface area contributed by atoms with E-state index < -0.39 is 0 Å². The second kappa shape index (κ2) is 5.10. The van der Waals surface area contributed by atoms with Gasteiger partial charge in [-0.25, -0.2) is 0 Å². The Morgan fingerprint density at radius 2 is 1.93 bits per heavy atom. The molecule has 0 aliphatic heterocycles. The average molecular weight is 217 g/mol. The summed E-state index contributed by atoms with van der Waals surface area (Å²) in [5, 5.41) is 5.56. The van der Waals surface area contributed by atoms with Crippen molar-refractivity contribution in [3.63, 3.8) is 0 Å². The third-order valence-corrected chi connectivity index (χ3v) is 3.25. The van der Waals surface area contributed by atoms with Crippen LogP contribution in [0.15, 0.2) is 41.8 Å². The summed E-state index contributed by atoms with van der Waals surface area (Å²) in [5.41, 5.74) is 2.63. The molecule has 0 aliphatic rings. The third kappa shape index (κ3) is 2.67. The maximum Gasteiger partial charge on any atom is 0.0299 e. The smallest absolute Gasteiger partial charge is 0.0299 e. The Balaban J connectivity index is 2.14. The predicted molar refractivity (Wildman–Crippen MR) is 67.1 cm³/mol. The van der Waals surface area contributed by atoms with Gasteiger partial charge in [0.05, 0.1) is 0 Å². The normalized spacial score (nSPS) is 10.5. The van der Waals surface area contributed by atoms with Crippen molar-refractivity contribution in [1.29, 1.82) is 0 Å². The molecule has 78 valence electrons. The Hall–Kier alpha value is -1.12. The van der Waals surface area contributed by atoms with Crippen molar-refractivity contribution >= 4 is 11.3 Å². The van der Waals surface area contributed by atoms with Gasteiger partial charge < -0.3 is 5.32 Å². The lowest BCUT2D eigenvalue weighted by Crippen LogP contribution is -2.10. The summed E-state index contributed by atoms with van der Waals surface area (Å²) >= 11 is 1.82. The van der Waals surface area contributed by atoms with Crippen LogP contribution < -0.4 is 5.32 Å². The molecular weight excluding hydrogens is 202 g/mol. The standard InChI is InChI=1S/C13H15NS/c1-2-14-9-13-8-12(10-15-13)11-6-4-3-5-7-11/h3-8,10,14H,2,9H2,1H3. The van der Waals surface area contributed by atoms with Gasteiger partial charge in [-0.1, -0.05) is 37.3 Å². The van der Waals surface area contributed by atoms with Crippen molar-refractivity contribution in [2.24, 2.45) is 0 Å². The Kier molecular flexibility index (Phi) is 3.54. The summed E-state index contributed by atoms with van der Waals surface area (Å²) in [5.74, 6) is 0. The van der Waals surface area contributed by atoms with E-state index in [0.717, 1.165) is 13.1 Å². The van der Waals surface area contributed by atoms with Crippen molar-refractivity contribution in [2.75, 3.05) is 6.54 Å². The van der Waals surface area contributed by atoms with Crippen LogP contribution in [0.2, 0.25) is 0 Å². The molecule has 0 fully saturated rings. The van der Waals surface area contributed by atoms with Crippen LogP contribution in [0.3, 0.4) is 0 Å². The zero-order chi connectivity index (χ0) is 10.5. The lowest BCUT2D eigenvalue weighted by Gasteiger charge is -1.97. The summed E-state index contributed by atoms with van der Waals surface area (Å²) < 4.78 is 0. The number of hydrogen-bond acceptors (Lipinski definition) is 2. The fourth-order valence-corrected chi connectivity index (χ4v) is 2.37. The first-order chi connectivity index (χ1) is 7.40. The third-order valence-electron chi connectivity index (χ3n) is 2.31. The molecule has 0 spiro atoms. The largest absolute Gasteiger partial charge is 0.312 e. The van der Waals surface area contributed by atoms with E-state index >= 15 is 0 Å². The van der Waals surface area contributed by atoms with E-state index in [1.807, 2.05) is 11.3 Å². The maximum absolute atomic E-state index is 3.34. The predicted octanol–water partition coefficient (Wildman–Crippen LogP) is 3.52. The molecule has 0 atom stereocenters. The van der Waals surface area contributed by atoms with Gasteiger partial charge in [0.2, 0.25) is 0 Å². The molecule has 1 N–H and O–H groups in total. The number of hydrogen-bond donors (Lipinski definition) is 1. The van der Waals surface area contributed by atoms with E-state index in [9.17, 15) is 0 Å². The Labute approximate surface area is 94.8 Å². The highest BCUT2D eigenvalue weighted by Crippen LogP contribution is 2.25. The second-order valence-corrected chi connectivity index (χ2v) is 4.44. The van der Waals surface area contributed by atoms with Gasteiger partial charge in [-0.15, -0.1) is 11.3 Å². The van der Waals surface area contributed by atoms with Gasteiger partial charge in [0.1, 0.15) is 0 Å². The van der Waals surface area contributed by atoms with Gasteiger partial charge in [0.15, 0.2) is 0 Å². The summed E-state index contributed by atoms with van der Waals surface area (Å²) in [6.07, 6.45) is 0. The minimum absolute atomic E-state index is 0.980. The van der Waals surface area contributed by atoms with Crippen LogP contribution in [-0.4, -0.2) is 6.54 Å². The quantitative estimate of drug-likeness (QED) is 0.826. The molecule has 0 radical (unpaired) electrons. The van der Waals surface area contributed by atoms with E-state index in [-0.39, 0.29) is 0 Å². The molecule has 0 saturated heterocycles. The van der Waals surface area contributed by atoms with E-state index in [0.29, 0.717) is 0 Å². The van der Waals surface area contributed by atoms with Crippen molar-refractivity contribution in [3.8, 4) is 11.1 Å². The fraction of sp³-hybridized carbons (Fsp3) is 0.231. The number of thiophene rings is 1. The highest BCUT2D eigenvalue weighted by molar-refractivity contribution is 7.10. The van der Waals surface area contributed by atoms with Crippen LogP contribution >= 0.6 is 11.3 Å². The molecule has 0 unspecified atom stereocenters. The Bertz CT molecular complexity index is 405. The minimum atomic E-state index is 0.980. The average Bonchev–Trinajstić information content (AvgIpc) is 2.76. The van der Waals surface area contributed by atoms with Gasteiger partial charge in [0.25, 0.3) is 0 Å². The second-order valence-electron chi connectivity index (χ2n) is 3.45. The van der Waals surface area contributed by atoms with Gasteiger partial charge in [-0.2, -0.15) is 0 Å². The molecule has 2 heteroatoms. The molecule has 1 nitrogen and oxygen atoms in total. The molecule has 0 bridgehead atoms. The van der Waals surface area contributed by atoms with Crippen molar-refractivity contribution < 1.29 is 0 Å². The van der Waals surface area contributed by atoms with E-state index in [1.165, 1.54) is 16.0 Å². The van der Waals surface area contributed by atoms with Crippen LogP contribution in [0.4, 0.5) is 0 Å². The molecular formula is C13H15NS. The van der Waals surface area contributed by atoms with E-state index in [4.69, 9.17) is 0 Å². The molecule has 15 heavy (non-hydrogen) atoms. The first-order valence-corrected chi connectivity index (χ1v) is 6.11. The van der Waals surface area contributed by atoms with Crippen LogP contribution in [0.5, 0.6) is 0 Å². The molecule has 2 rings (SSSR count). The van der Waals surface area contributed by atoms with E-state index in [2.05, 4.69) is 54.0 Å². The van der Waals surface area contributed by atoms with Crippen molar-refractivity contribution in [2.45, 2.75) is 13.5 Å². The molecule has 2 aromatic rings. The molecule has 1 aromatic carbocycles. The van der Waals surface area contributed by atoms with Gasteiger partial charge in [-0.05, 0) is 29.1 Å². The minimum Gasteiger partial charge on any atom is -0.312 e. The zero-order valence-electron chi connectivity index (χ0n) is 8.86. The van der Waals surface area contributed by atoms with Gasteiger partial charge in [0, 0.05) is 11.4 Å². The molecule has 1 aromatic heterocycles. The van der Waals surface area contributed by atoms with Crippen LogP contribution in [0.25, 0.3) is 11.1 Å². The number of nitrogens with one attached hydrogen (secondary N) is 1. The topological polar surface area (TPSA) is 12.0 Å². The van der Waals surface area contributed by atoms with Gasteiger partial charge >= 0.3 is 0 Å².